The molecule has 0 aliphatic heterocycles. The van der Waals surface area contributed by atoms with Gasteiger partial charge in [-0.05, 0) is 12.5 Å². The van der Waals surface area contributed by atoms with E-state index in [-0.39, 0.29) is 10.6 Å². The zero-order chi connectivity index (χ0) is 10.0. The number of alkyl halides is 2. The van der Waals surface area contributed by atoms with E-state index in [1.54, 1.807) is 13.0 Å². The molecule has 0 N–H and O–H groups in total. The standard InChI is InChI=1S/C8H5ClF2N2/c1-4-3-13-7(8(10)11)6(9)5(4)2-12/h3,8H,1H3. The zero-order valence-corrected chi connectivity index (χ0v) is 7.44. The number of aryl methyl sites for hydroxylation is 1. The lowest BCUT2D eigenvalue weighted by Gasteiger charge is -2.04. The number of rotatable bonds is 1. The monoisotopic (exact) mass is 202 g/mol. The van der Waals surface area contributed by atoms with Gasteiger partial charge in [-0.1, -0.05) is 11.6 Å². The Morgan fingerprint density at radius 3 is 2.69 bits per heavy atom. The second-order valence-corrected chi connectivity index (χ2v) is 2.81. The summed E-state index contributed by atoms with van der Waals surface area (Å²) in [7, 11) is 0. The Hall–Kier alpha value is -1.21. The van der Waals surface area contributed by atoms with E-state index in [0.29, 0.717) is 5.56 Å². The molecule has 1 rings (SSSR count). The fourth-order valence-corrected chi connectivity index (χ4v) is 1.20. The van der Waals surface area contributed by atoms with E-state index < -0.39 is 12.1 Å². The molecule has 0 bridgehead atoms. The van der Waals surface area contributed by atoms with Gasteiger partial charge < -0.3 is 0 Å². The van der Waals surface area contributed by atoms with Crippen LogP contribution in [-0.2, 0) is 0 Å². The van der Waals surface area contributed by atoms with Crippen LogP contribution in [0.15, 0.2) is 6.20 Å². The number of hydrogen-bond donors (Lipinski definition) is 0. The minimum atomic E-state index is -2.75. The van der Waals surface area contributed by atoms with Crippen LogP contribution in [0.25, 0.3) is 0 Å². The summed E-state index contributed by atoms with van der Waals surface area (Å²) in [4.78, 5) is 3.45. The third-order valence-electron chi connectivity index (χ3n) is 1.55. The molecule has 13 heavy (non-hydrogen) atoms. The van der Waals surface area contributed by atoms with E-state index in [9.17, 15) is 8.78 Å². The van der Waals surface area contributed by atoms with E-state index >= 15 is 0 Å². The normalized spacial score (nSPS) is 10.2. The van der Waals surface area contributed by atoms with Gasteiger partial charge in [0.2, 0.25) is 0 Å². The molecule has 2 nitrogen and oxygen atoms in total. The maximum Gasteiger partial charge on any atom is 0.281 e. The number of nitrogens with zero attached hydrogens (tertiary/aromatic N) is 2. The van der Waals surface area contributed by atoms with E-state index in [1.165, 1.54) is 6.20 Å². The highest BCUT2D eigenvalue weighted by atomic mass is 35.5. The predicted octanol–water partition coefficient (Wildman–Crippen LogP) is 2.85. The molecule has 1 heterocycles. The third-order valence-corrected chi connectivity index (χ3v) is 1.94. The highest BCUT2D eigenvalue weighted by molar-refractivity contribution is 6.32. The molecule has 0 aromatic carbocycles. The summed E-state index contributed by atoms with van der Waals surface area (Å²) in [5.74, 6) is 0. The summed E-state index contributed by atoms with van der Waals surface area (Å²) >= 11 is 5.54. The van der Waals surface area contributed by atoms with Crippen molar-refractivity contribution < 1.29 is 8.78 Å². The molecular weight excluding hydrogens is 198 g/mol. The quantitative estimate of drug-likeness (QED) is 0.702. The lowest BCUT2D eigenvalue weighted by Crippen LogP contribution is -1.96. The second kappa shape index (κ2) is 3.67. The number of halogens is 3. The summed E-state index contributed by atoms with van der Waals surface area (Å²) in [5, 5.41) is 8.35. The summed E-state index contributed by atoms with van der Waals surface area (Å²) in [6.07, 6.45) is -1.54. The molecule has 0 saturated heterocycles. The van der Waals surface area contributed by atoms with Crippen LogP contribution in [-0.4, -0.2) is 4.98 Å². The van der Waals surface area contributed by atoms with Gasteiger partial charge in [-0.2, -0.15) is 5.26 Å². The molecule has 1 aromatic heterocycles. The van der Waals surface area contributed by atoms with Crippen LogP contribution < -0.4 is 0 Å². The minimum absolute atomic E-state index is 0.0620. The van der Waals surface area contributed by atoms with E-state index in [4.69, 9.17) is 16.9 Å². The number of nitriles is 1. The van der Waals surface area contributed by atoms with Crippen LogP contribution in [0.4, 0.5) is 8.78 Å². The maximum absolute atomic E-state index is 12.2. The van der Waals surface area contributed by atoms with E-state index in [0.717, 1.165) is 0 Å². The molecule has 0 spiro atoms. The Bertz CT molecular complexity index is 371. The van der Waals surface area contributed by atoms with E-state index in [1.807, 2.05) is 0 Å². The SMILES string of the molecule is Cc1cnc(C(F)F)c(Cl)c1C#N. The highest BCUT2D eigenvalue weighted by Gasteiger charge is 2.17. The Kier molecular flexibility index (Phi) is 2.79. The Balaban J connectivity index is 3.38. The van der Waals surface area contributed by atoms with Crippen molar-refractivity contribution in [3.05, 3.63) is 28.0 Å². The number of pyridine rings is 1. The minimum Gasteiger partial charge on any atom is -0.253 e. The van der Waals surface area contributed by atoms with Crippen molar-refractivity contribution in [3.8, 4) is 6.07 Å². The van der Waals surface area contributed by atoms with Crippen molar-refractivity contribution in [3.63, 3.8) is 0 Å². The van der Waals surface area contributed by atoms with Crippen LogP contribution >= 0.6 is 11.6 Å². The maximum atomic E-state index is 12.2. The van der Waals surface area contributed by atoms with Gasteiger partial charge in [-0.25, -0.2) is 8.78 Å². The molecule has 0 aliphatic carbocycles. The average molecular weight is 203 g/mol. The van der Waals surface area contributed by atoms with Gasteiger partial charge in [-0.15, -0.1) is 0 Å². The largest absolute Gasteiger partial charge is 0.281 e. The molecule has 1 aromatic rings. The van der Waals surface area contributed by atoms with Crippen LogP contribution in [0.1, 0.15) is 23.2 Å². The Labute approximate surface area is 78.8 Å². The first-order chi connectivity index (χ1) is 6.07. The molecule has 0 unspecified atom stereocenters. The van der Waals surface area contributed by atoms with Gasteiger partial charge in [0.25, 0.3) is 6.43 Å². The molecule has 0 saturated carbocycles. The van der Waals surface area contributed by atoms with E-state index in [2.05, 4.69) is 4.98 Å². The van der Waals surface area contributed by atoms with Gasteiger partial charge >= 0.3 is 0 Å². The number of aromatic nitrogens is 1. The van der Waals surface area contributed by atoms with Crippen LogP contribution in [0.2, 0.25) is 5.02 Å². The van der Waals surface area contributed by atoms with Crippen LogP contribution in [0.5, 0.6) is 0 Å². The smallest absolute Gasteiger partial charge is 0.253 e. The molecule has 68 valence electrons. The molecule has 0 amide bonds. The molecule has 5 heteroatoms. The zero-order valence-electron chi connectivity index (χ0n) is 6.68. The first-order valence-electron chi connectivity index (χ1n) is 3.41. The topological polar surface area (TPSA) is 36.7 Å². The predicted molar refractivity (Wildman–Crippen MR) is 43.7 cm³/mol. The van der Waals surface area contributed by atoms with Gasteiger partial charge in [-0.3, -0.25) is 4.98 Å². The lowest BCUT2D eigenvalue weighted by molar-refractivity contribution is 0.146. The van der Waals surface area contributed by atoms with Gasteiger partial charge in [0, 0.05) is 6.20 Å². The molecular formula is C8H5ClF2N2. The van der Waals surface area contributed by atoms with Crippen molar-refractivity contribution in [2.75, 3.05) is 0 Å². The van der Waals surface area contributed by atoms with Crippen molar-refractivity contribution >= 4 is 11.6 Å². The average Bonchev–Trinajstić information content (AvgIpc) is 2.04. The van der Waals surface area contributed by atoms with Gasteiger partial charge in [0.1, 0.15) is 11.8 Å². The van der Waals surface area contributed by atoms with Crippen LogP contribution in [0.3, 0.4) is 0 Å². The molecule has 0 atom stereocenters. The Morgan fingerprint density at radius 2 is 2.23 bits per heavy atom. The second-order valence-electron chi connectivity index (χ2n) is 2.43. The van der Waals surface area contributed by atoms with Crippen molar-refractivity contribution in [1.29, 1.82) is 5.26 Å². The van der Waals surface area contributed by atoms with Crippen molar-refractivity contribution in [1.82, 2.24) is 4.98 Å². The van der Waals surface area contributed by atoms with Crippen molar-refractivity contribution in [2.24, 2.45) is 0 Å². The Morgan fingerprint density at radius 1 is 1.62 bits per heavy atom. The lowest BCUT2D eigenvalue weighted by atomic mass is 10.1. The highest BCUT2D eigenvalue weighted by Crippen LogP contribution is 2.28. The number of hydrogen-bond acceptors (Lipinski definition) is 2. The van der Waals surface area contributed by atoms with Crippen LogP contribution in [0, 0.1) is 18.3 Å². The van der Waals surface area contributed by atoms with Gasteiger partial charge in [0.15, 0.2) is 0 Å². The summed E-state index contributed by atoms with van der Waals surface area (Å²) in [6.45, 7) is 1.59. The first kappa shape index (κ1) is 9.87. The molecule has 0 radical (unpaired) electrons. The first-order valence-corrected chi connectivity index (χ1v) is 3.79. The van der Waals surface area contributed by atoms with Gasteiger partial charge in [0.05, 0.1) is 10.6 Å². The molecule has 0 fully saturated rings. The summed E-state index contributed by atoms with van der Waals surface area (Å²) < 4.78 is 24.4. The summed E-state index contributed by atoms with van der Waals surface area (Å²) in [6, 6.07) is 1.75. The van der Waals surface area contributed by atoms with Crippen molar-refractivity contribution in [2.45, 2.75) is 13.3 Å². The third kappa shape index (κ3) is 1.76. The summed E-state index contributed by atoms with van der Waals surface area (Å²) in [5.41, 5.74) is 0.0210. The fourth-order valence-electron chi connectivity index (χ4n) is 0.878. The fraction of sp³-hybridized carbons (Fsp3) is 0.250. The molecule has 0 aliphatic rings.